The third kappa shape index (κ3) is 2.65. The lowest BCUT2D eigenvalue weighted by molar-refractivity contribution is -0.116. The van der Waals surface area contributed by atoms with Crippen molar-refractivity contribution in [3.8, 4) is 0 Å². The third-order valence-corrected chi connectivity index (χ3v) is 5.00. The SMILES string of the molecule is O=C1C[C@@H](c2cccc(Cl)c2)c2c(n(C3CCOCC3)[nH]c2=O)N1. The number of halogens is 1. The summed E-state index contributed by atoms with van der Waals surface area (Å²) in [7, 11) is 0. The minimum atomic E-state index is -0.280. The molecule has 2 aliphatic heterocycles. The fourth-order valence-corrected chi connectivity index (χ4v) is 3.81. The maximum absolute atomic E-state index is 12.6. The van der Waals surface area contributed by atoms with Gasteiger partial charge in [0.2, 0.25) is 5.91 Å². The lowest BCUT2D eigenvalue weighted by Gasteiger charge is -2.28. The molecular weight excluding hydrogens is 330 g/mol. The Morgan fingerprint density at radius 2 is 2.00 bits per heavy atom. The average Bonchev–Trinajstić information content (AvgIpc) is 2.91. The topological polar surface area (TPSA) is 76.1 Å². The molecule has 0 unspecified atom stereocenters. The summed E-state index contributed by atoms with van der Waals surface area (Å²) in [5.41, 5.74) is 1.35. The Labute approximate surface area is 143 Å². The lowest BCUT2D eigenvalue weighted by Crippen LogP contribution is -2.28. The van der Waals surface area contributed by atoms with Crippen LogP contribution in [-0.4, -0.2) is 28.9 Å². The molecule has 1 saturated heterocycles. The van der Waals surface area contributed by atoms with Gasteiger partial charge in [0.1, 0.15) is 5.82 Å². The molecule has 2 aliphatic rings. The predicted octanol–water partition coefficient (Wildman–Crippen LogP) is 2.66. The minimum absolute atomic E-state index is 0.0905. The highest BCUT2D eigenvalue weighted by molar-refractivity contribution is 6.30. The molecule has 0 bridgehead atoms. The van der Waals surface area contributed by atoms with Crippen LogP contribution in [0.15, 0.2) is 29.1 Å². The molecule has 0 radical (unpaired) electrons. The van der Waals surface area contributed by atoms with Crippen molar-refractivity contribution in [3.63, 3.8) is 0 Å². The number of fused-ring (bicyclic) bond motifs is 1. The van der Waals surface area contributed by atoms with Gasteiger partial charge in [-0.25, -0.2) is 0 Å². The van der Waals surface area contributed by atoms with Crippen molar-refractivity contribution < 1.29 is 9.53 Å². The lowest BCUT2D eigenvalue weighted by atomic mass is 9.87. The first kappa shape index (κ1) is 15.5. The van der Waals surface area contributed by atoms with Crippen LogP contribution in [0.2, 0.25) is 5.02 Å². The Morgan fingerprint density at radius 1 is 1.21 bits per heavy atom. The molecule has 1 aromatic carbocycles. The van der Waals surface area contributed by atoms with E-state index >= 15 is 0 Å². The molecule has 7 heteroatoms. The van der Waals surface area contributed by atoms with Gasteiger partial charge in [0.15, 0.2) is 0 Å². The first-order valence-corrected chi connectivity index (χ1v) is 8.48. The number of nitrogens with one attached hydrogen (secondary N) is 2. The molecule has 4 rings (SSSR count). The number of aromatic nitrogens is 2. The molecule has 0 spiro atoms. The molecule has 6 nitrogen and oxygen atoms in total. The van der Waals surface area contributed by atoms with Gasteiger partial charge in [-0.15, -0.1) is 0 Å². The summed E-state index contributed by atoms with van der Waals surface area (Å²) in [6.07, 6.45) is 1.87. The normalized spacial score (nSPS) is 21.4. The van der Waals surface area contributed by atoms with Crippen molar-refractivity contribution in [2.24, 2.45) is 0 Å². The molecule has 0 saturated carbocycles. The van der Waals surface area contributed by atoms with Gasteiger partial charge in [-0.2, -0.15) is 0 Å². The number of hydrogen-bond acceptors (Lipinski definition) is 3. The Bertz CT molecular complexity index is 836. The zero-order chi connectivity index (χ0) is 16.7. The number of carbonyl (C=O) groups excluding carboxylic acids is 1. The van der Waals surface area contributed by atoms with Crippen LogP contribution in [0.1, 0.15) is 42.3 Å². The van der Waals surface area contributed by atoms with Gasteiger partial charge in [0.25, 0.3) is 5.56 Å². The van der Waals surface area contributed by atoms with Crippen molar-refractivity contribution in [3.05, 3.63) is 50.8 Å². The van der Waals surface area contributed by atoms with E-state index in [-0.39, 0.29) is 29.8 Å². The number of carbonyl (C=O) groups is 1. The van der Waals surface area contributed by atoms with Gasteiger partial charge < -0.3 is 10.1 Å². The molecule has 2 N–H and O–H groups in total. The summed E-state index contributed by atoms with van der Waals surface area (Å²) in [4.78, 5) is 24.9. The quantitative estimate of drug-likeness (QED) is 0.876. The Balaban J connectivity index is 1.81. The summed E-state index contributed by atoms with van der Waals surface area (Å²) in [5.74, 6) is 0.220. The van der Waals surface area contributed by atoms with E-state index < -0.39 is 0 Å². The highest BCUT2D eigenvalue weighted by Gasteiger charge is 2.34. The van der Waals surface area contributed by atoms with Crippen molar-refractivity contribution >= 4 is 23.3 Å². The molecule has 3 heterocycles. The maximum Gasteiger partial charge on any atom is 0.270 e. The fourth-order valence-electron chi connectivity index (χ4n) is 3.61. The number of H-pyrrole nitrogens is 1. The molecule has 1 amide bonds. The molecule has 1 fully saturated rings. The van der Waals surface area contributed by atoms with Gasteiger partial charge in [-0.1, -0.05) is 23.7 Å². The Kier molecular flexibility index (Phi) is 3.94. The van der Waals surface area contributed by atoms with Gasteiger partial charge in [0, 0.05) is 30.6 Å². The number of nitrogens with zero attached hydrogens (tertiary/aromatic N) is 1. The maximum atomic E-state index is 12.6. The number of anilines is 1. The summed E-state index contributed by atoms with van der Waals surface area (Å²) >= 11 is 6.09. The van der Waals surface area contributed by atoms with Gasteiger partial charge >= 0.3 is 0 Å². The van der Waals surface area contributed by atoms with E-state index in [2.05, 4.69) is 10.4 Å². The van der Waals surface area contributed by atoms with Crippen molar-refractivity contribution in [2.75, 3.05) is 18.5 Å². The molecule has 0 aliphatic carbocycles. The van der Waals surface area contributed by atoms with Crippen LogP contribution in [-0.2, 0) is 9.53 Å². The number of rotatable bonds is 2. The smallest absolute Gasteiger partial charge is 0.270 e. The van der Waals surface area contributed by atoms with Gasteiger partial charge in [-0.3, -0.25) is 19.4 Å². The highest BCUT2D eigenvalue weighted by Crippen LogP contribution is 2.37. The monoisotopic (exact) mass is 347 g/mol. The summed E-state index contributed by atoms with van der Waals surface area (Å²) in [6, 6.07) is 7.48. The van der Waals surface area contributed by atoms with Crippen LogP contribution in [0, 0.1) is 0 Å². The van der Waals surface area contributed by atoms with Gasteiger partial charge in [0.05, 0.1) is 11.6 Å². The van der Waals surface area contributed by atoms with E-state index in [0.29, 0.717) is 29.6 Å². The van der Waals surface area contributed by atoms with Crippen molar-refractivity contribution in [1.29, 1.82) is 0 Å². The number of benzene rings is 1. The van der Waals surface area contributed by atoms with Crippen LogP contribution >= 0.6 is 11.6 Å². The Hall–Kier alpha value is -2.05. The zero-order valence-electron chi connectivity index (χ0n) is 13.0. The number of ether oxygens (including phenoxy) is 1. The summed E-state index contributed by atoms with van der Waals surface area (Å²) in [6.45, 7) is 1.32. The number of amides is 1. The molecule has 1 atom stereocenters. The molecule has 2 aromatic rings. The Morgan fingerprint density at radius 3 is 2.75 bits per heavy atom. The van der Waals surface area contributed by atoms with Crippen LogP contribution < -0.4 is 10.9 Å². The van der Waals surface area contributed by atoms with E-state index in [9.17, 15) is 9.59 Å². The minimum Gasteiger partial charge on any atom is -0.381 e. The molecule has 24 heavy (non-hydrogen) atoms. The van der Waals surface area contributed by atoms with Crippen LogP contribution in [0.4, 0.5) is 5.82 Å². The molecular formula is C17H18ClN3O3. The van der Waals surface area contributed by atoms with Crippen LogP contribution in [0.3, 0.4) is 0 Å². The first-order valence-electron chi connectivity index (χ1n) is 8.11. The standard InChI is InChI=1S/C17H18ClN3O3/c18-11-3-1-2-10(8-11)13-9-14(22)19-16-15(13)17(23)20-21(16)12-4-6-24-7-5-12/h1-3,8,12-13H,4-7,9H2,(H,19,22)(H,20,23)/t13-/m0/s1. The van der Waals surface area contributed by atoms with Gasteiger partial charge in [-0.05, 0) is 30.5 Å². The van der Waals surface area contributed by atoms with Crippen molar-refractivity contribution in [2.45, 2.75) is 31.2 Å². The largest absolute Gasteiger partial charge is 0.381 e. The van der Waals surface area contributed by atoms with E-state index in [1.807, 2.05) is 22.9 Å². The van der Waals surface area contributed by atoms with Crippen LogP contribution in [0.25, 0.3) is 0 Å². The van der Waals surface area contributed by atoms with E-state index in [4.69, 9.17) is 16.3 Å². The second-order valence-electron chi connectivity index (χ2n) is 6.28. The number of hydrogen-bond donors (Lipinski definition) is 2. The van der Waals surface area contributed by atoms with Crippen molar-refractivity contribution in [1.82, 2.24) is 9.78 Å². The first-order chi connectivity index (χ1) is 11.6. The zero-order valence-corrected chi connectivity index (χ0v) is 13.8. The number of aromatic amines is 1. The summed E-state index contributed by atoms with van der Waals surface area (Å²) in [5, 5.41) is 6.40. The fraction of sp³-hybridized carbons (Fsp3) is 0.412. The van der Waals surface area contributed by atoms with E-state index in [1.54, 1.807) is 6.07 Å². The van der Waals surface area contributed by atoms with E-state index in [1.165, 1.54) is 0 Å². The predicted molar refractivity (Wildman–Crippen MR) is 90.7 cm³/mol. The highest BCUT2D eigenvalue weighted by atomic mass is 35.5. The average molecular weight is 348 g/mol. The second kappa shape index (κ2) is 6.11. The molecule has 126 valence electrons. The van der Waals surface area contributed by atoms with Crippen LogP contribution in [0.5, 0.6) is 0 Å². The molecule has 1 aromatic heterocycles. The van der Waals surface area contributed by atoms with E-state index in [0.717, 1.165) is 18.4 Å². The summed E-state index contributed by atoms with van der Waals surface area (Å²) < 4.78 is 7.20. The third-order valence-electron chi connectivity index (χ3n) is 4.77. The second-order valence-corrected chi connectivity index (χ2v) is 6.71.